The zero-order valence-corrected chi connectivity index (χ0v) is 17.0. The lowest BCUT2D eigenvalue weighted by Gasteiger charge is -2.31. The van der Waals surface area contributed by atoms with Gasteiger partial charge in [0.15, 0.2) is 12.9 Å². The second-order valence-corrected chi connectivity index (χ2v) is 7.80. The predicted octanol–water partition coefficient (Wildman–Crippen LogP) is 3.00. The topological polar surface area (TPSA) is 75.3 Å². The summed E-state index contributed by atoms with van der Waals surface area (Å²) < 4.78 is 31.7. The van der Waals surface area contributed by atoms with Crippen LogP contribution in [-0.4, -0.2) is 43.9 Å². The van der Waals surface area contributed by atoms with Gasteiger partial charge in [0.2, 0.25) is 6.20 Å². The third-order valence-electron chi connectivity index (χ3n) is 5.56. The quantitative estimate of drug-likeness (QED) is 0.496. The summed E-state index contributed by atoms with van der Waals surface area (Å²) in [7, 11) is 1.93. The fourth-order valence-electron chi connectivity index (χ4n) is 3.88. The number of halogens is 2. The molecule has 1 saturated heterocycles. The Morgan fingerprint density at radius 3 is 2.61 bits per heavy atom. The standard InChI is InChI=1S/C22H21F2N7/c1-30-12-18(10-28-30)15-3-2-4-16(7-15)21-26-8-17(9-27-21)19-11-29-31(13-19)20-5-6-25-14-22(20,23)24/h2-4,7-13,20,25H,5-6,14H2,1H3/p+1. The molecule has 158 valence electrons. The number of rotatable bonds is 4. The lowest BCUT2D eigenvalue weighted by molar-refractivity contribution is -0.726. The van der Waals surface area contributed by atoms with Crippen molar-refractivity contribution in [2.45, 2.75) is 18.4 Å². The average molecular weight is 422 g/mol. The van der Waals surface area contributed by atoms with Gasteiger partial charge in [-0.15, -0.1) is 4.68 Å². The van der Waals surface area contributed by atoms with Gasteiger partial charge in [-0.1, -0.05) is 18.2 Å². The number of hydrogen-bond acceptors (Lipinski definition) is 4. The summed E-state index contributed by atoms with van der Waals surface area (Å²) in [6.45, 7) is 0.220. The molecule has 7 nitrogen and oxygen atoms in total. The third-order valence-corrected chi connectivity index (χ3v) is 5.56. The van der Waals surface area contributed by atoms with Crippen LogP contribution in [0, 0.1) is 0 Å². The summed E-state index contributed by atoms with van der Waals surface area (Å²) >= 11 is 0. The molecule has 0 spiro atoms. The number of piperidine rings is 1. The van der Waals surface area contributed by atoms with Gasteiger partial charge in [0.05, 0.1) is 24.5 Å². The average Bonchev–Trinajstić information content (AvgIpc) is 3.43. The van der Waals surface area contributed by atoms with E-state index < -0.39 is 12.0 Å². The highest BCUT2D eigenvalue weighted by Crippen LogP contribution is 2.34. The summed E-state index contributed by atoms with van der Waals surface area (Å²) in [5, 5.41) is 10.0. The molecule has 1 aromatic carbocycles. The lowest BCUT2D eigenvalue weighted by Crippen LogP contribution is -2.47. The highest BCUT2D eigenvalue weighted by Gasteiger charge is 2.43. The van der Waals surface area contributed by atoms with Gasteiger partial charge in [0.25, 0.3) is 5.92 Å². The Kier molecular flexibility index (Phi) is 4.82. The van der Waals surface area contributed by atoms with Crippen LogP contribution >= 0.6 is 0 Å². The largest absolute Gasteiger partial charge is 0.311 e. The van der Waals surface area contributed by atoms with Crippen LogP contribution < -0.4 is 10.00 Å². The summed E-state index contributed by atoms with van der Waals surface area (Å²) in [5.41, 5.74) is 4.49. The van der Waals surface area contributed by atoms with E-state index >= 15 is 0 Å². The smallest absolute Gasteiger partial charge is 0.282 e. The lowest BCUT2D eigenvalue weighted by atomic mass is 10.0. The predicted molar refractivity (Wildman–Crippen MR) is 111 cm³/mol. The Morgan fingerprint density at radius 1 is 1.06 bits per heavy atom. The van der Waals surface area contributed by atoms with Crippen LogP contribution in [0.1, 0.15) is 12.5 Å². The van der Waals surface area contributed by atoms with Crippen LogP contribution in [-0.2, 0) is 7.05 Å². The monoisotopic (exact) mass is 422 g/mol. The molecule has 3 aromatic heterocycles. The molecular weight excluding hydrogens is 400 g/mol. The summed E-state index contributed by atoms with van der Waals surface area (Å²) in [4.78, 5) is 8.99. The molecule has 2 N–H and O–H groups in total. The first-order valence-electron chi connectivity index (χ1n) is 10.1. The van der Waals surface area contributed by atoms with Crippen molar-refractivity contribution in [2.75, 3.05) is 13.1 Å². The number of benzene rings is 1. The van der Waals surface area contributed by atoms with Gasteiger partial charge in [-0.05, 0) is 24.6 Å². The molecule has 5 rings (SSSR count). The number of H-pyrrole nitrogens is 1. The van der Waals surface area contributed by atoms with Crippen molar-refractivity contribution < 1.29 is 13.5 Å². The Hall–Kier alpha value is -3.46. The molecule has 1 aliphatic heterocycles. The maximum atomic E-state index is 14.2. The van der Waals surface area contributed by atoms with Crippen molar-refractivity contribution in [3.05, 3.63) is 61.4 Å². The van der Waals surface area contributed by atoms with Gasteiger partial charge in [-0.25, -0.2) is 18.7 Å². The molecule has 1 unspecified atom stereocenters. The van der Waals surface area contributed by atoms with Crippen LogP contribution in [0.25, 0.3) is 33.6 Å². The van der Waals surface area contributed by atoms with Crippen LogP contribution in [0.4, 0.5) is 8.78 Å². The molecule has 4 aromatic rings. The van der Waals surface area contributed by atoms with Crippen molar-refractivity contribution in [1.82, 2.24) is 30.2 Å². The molecular formula is C22H22F2N7+. The zero-order valence-electron chi connectivity index (χ0n) is 17.0. The fourth-order valence-corrected chi connectivity index (χ4v) is 3.88. The van der Waals surface area contributed by atoms with E-state index in [1.807, 2.05) is 48.4 Å². The van der Waals surface area contributed by atoms with Crippen LogP contribution in [0.3, 0.4) is 0 Å². The van der Waals surface area contributed by atoms with Crippen molar-refractivity contribution in [3.63, 3.8) is 0 Å². The van der Waals surface area contributed by atoms with Gasteiger partial charge in [0, 0.05) is 35.3 Å². The first-order valence-corrected chi connectivity index (χ1v) is 10.1. The minimum atomic E-state index is -2.83. The number of nitrogens with one attached hydrogen (secondary N) is 2. The highest BCUT2D eigenvalue weighted by atomic mass is 19.3. The van der Waals surface area contributed by atoms with Gasteiger partial charge in [0.1, 0.15) is 6.04 Å². The van der Waals surface area contributed by atoms with E-state index in [0.29, 0.717) is 18.8 Å². The molecule has 0 bridgehead atoms. The summed E-state index contributed by atoms with van der Waals surface area (Å²) in [6, 6.07) is 7.06. The minimum absolute atomic E-state index is 0.329. The van der Waals surface area contributed by atoms with E-state index in [-0.39, 0.29) is 6.54 Å². The van der Waals surface area contributed by atoms with Crippen LogP contribution in [0.5, 0.6) is 0 Å². The minimum Gasteiger partial charge on any atom is -0.311 e. The Balaban J connectivity index is 1.38. The molecule has 31 heavy (non-hydrogen) atoms. The van der Waals surface area contributed by atoms with E-state index in [4.69, 9.17) is 0 Å². The summed E-state index contributed by atoms with van der Waals surface area (Å²) in [5.74, 6) is -2.23. The summed E-state index contributed by atoms with van der Waals surface area (Å²) in [6.07, 6.45) is 10.9. The molecule has 1 aliphatic rings. The van der Waals surface area contributed by atoms with E-state index in [9.17, 15) is 8.78 Å². The van der Waals surface area contributed by atoms with Crippen molar-refractivity contribution in [2.24, 2.45) is 7.05 Å². The number of aryl methyl sites for hydroxylation is 1. The normalized spacial score (nSPS) is 18.2. The second kappa shape index (κ2) is 7.66. The van der Waals surface area contributed by atoms with Crippen molar-refractivity contribution in [1.29, 1.82) is 0 Å². The van der Waals surface area contributed by atoms with Crippen LogP contribution in [0.15, 0.2) is 61.4 Å². The Morgan fingerprint density at radius 2 is 1.87 bits per heavy atom. The number of aromatic amines is 1. The number of aromatic nitrogens is 6. The first kappa shape index (κ1) is 19.5. The van der Waals surface area contributed by atoms with E-state index in [0.717, 1.165) is 27.8 Å². The maximum absolute atomic E-state index is 14.2. The SMILES string of the molecule is C[n+]1cc(-c2cccc(-c3ncc(-c4cnn(C5CCNCC5(F)F)c4)cn3)c2)c[nH]1. The molecule has 1 atom stereocenters. The number of alkyl halides is 2. The maximum Gasteiger partial charge on any atom is 0.282 e. The third kappa shape index (κ3) is 3.84. The van der Waals surface area contributed by atoms with E-state index in [2.05, 4.69) is 25.5 Å². The molecule has 0 amide bonds. The van der Waals surface area contributed by atoms with Crippen molar-refractivity contribution in [3.8, 4) is 33.6 Å². The molecule has 0 aliphatic carbocycles. The fraction of sp³-hybridized carbons (Fsp3) is 0.273. The Bertz CT molecular complexity index is 1200. The highest BCUT2D eigenvalue weighted by molar-refractivity contribution is 5.69. The van der Waals surface area contributed by atoms with Crippen LogP contribution in [0.2, 0.25) is 0 Å². The molecule has 4 heterocycles. The van der Waals surface area contributed by atoms with Gasteiger partial charge < -0.3 is 5.32 Å². The van der Waals surface area contributed by atoms with E-state index in [1.165, 1.54) is 4.68 Å². The van der Waals surface area contributed by atoms with Gasteiger partial charge in [-0.3, -0.25) is 4.68 Å². The second-order valence-electron chi connectivity index (χ2n) is 7.80. The number of nitrogens with zero attached hydrogens (tertiary/aromatic N) is 5. The van der Waals surface area contributed by atoms with Crippen molar-refractivity contribution >= 4 is 0 Å². The van der Waals surface area contributed by atoms with Gasteiger partial charge >= 0.3 is 0 Å². The molecule has 9 heteroatoms. The molecule has 1 fully saturated rings. The van der Waals surface area contributed by atoms with E-state index in [1.54, 1.807) is 24.8 Å². The molecule has 0 radical (unpaired) electrons. The molecule has 0 saturated carbocycles. The first-order chi connectivity index (χ1) is 15.0. The zero-order chi connectivity index (χ0) is 21.4. The van der Waals surface area contributed by atoms with Gasteiger partial charge in [-0.2, -0.15) is 10.2 Å². The number of hydrogen-bond donors (Lipinski definition) is 2. The Labute approximate surface area is 177 Å².